The molecule has 0 fully saturated rings. The third-order valence-electron chi connectivity index (χ3n) is 2.91. The minimum absolute atomic E-state index is 0.500. The first-order chi connectivity index (χ1) is 7.72. The predicted molar refractivity (Wildman–Crippen MR) is 74.0 cm³/mol. The molecule has 1 rings (SSSR count). The highest BCUT2D eigenvalue weighted by Gasteiger charge is 2.07. The number of nitrogens with one attached hydrogen (secondary N) is 1. The average molecular weight is 221 g/mol. The first-order valence-electron chi connectivity index (χ1n) is 6.49. The first-order valence-corrected chi connectivity index (χ1v) is 6.49. The van der Waals surface area contributed by atoms with E-state index >= 15 is 0 Å². The molecule has 1 aromatic rings. The lowest BCUT2D eigenvalue weighted by molar-refractivity contribution is 0.576. The van der Waals surface area contributed by atoms with Crippen LogP contribution in [0.5, 0.6) is 0 Å². The van der Waals surface area contributed by atoms with Gasteiger partial charge in [0, 0.05) is 6.04 Å². The molecule has 1 atom stereocenters. The quantitative estimate of drug-likeness (QED) is 0.801. The predicted octanol–water partition coefficient (Wildman–Crippen LogP) is 4.25. The van der Waals surface area contributed by atoms with E-state index in [1.807, 2.05) is 20.9 Å². The summed E-state index contributed by atoms with van der Waals surface area (Å²) in [7, 11) is 2.03. The molecule has 92 valence electrons. The molecule has 0 aliphatic rings. The van der Waals surface area contributed by atoms with Crippen molar-refractivity contribution in [1.29, 1.82) is 0 Å². The molecule has 0 heterocycles. The Morgan fingerprint density at radius 2 is 1.81 bits per heavy atom. The number of benzene rings is 1. The van der Waals surface area contributed by atoms with Crippen LogP contribution in [-0.4, -0.2) is 7.05 Å². The van der Waals surface area contributed by atoms with Crippen molar-refractivity contribution in [2.24, 2.45) is 0 Å². The Morgan fingerprint density at radius 3 is 2.19 bits per heavy atom. The Bertz CT molecular complexity index is 287. The molecule has 1 nitrogen and oxygen atoms in total. The standard InChI is InChI=1S/C13H21N.C2H6/c1-5-11-7-8-12(9-10(11)3)13(6-2)14-4;1-2/h7-9,13-14H,5-6H2,1-4H3;1-2H3. The van der Waals surface area contributed by atoms with Crippen LogP contribution in [0.4, 0.5) is 0 Å². The van der Waals surface area contributed by atoms with E-state index in [9.17, 15) is 0 Å². The lowest BCUT2D eigenvalue weighted by atomic mass is 9.98. The lowest BCUT2D eigenvalue weighted by Crippen LogP contribution is -2.15. The van der Waals surface area contributed by atoms with Gasteiger partial charge >= 0.3 is 0 Å². The van der Waals surface area contributed by atoms with Gasteiger partial charge in [-0.2, -0.15) is 0 Å². The van der Waals surface area contributed by atoms with Crippen molar-refractivity contribution in [3.05, 3.63) is 34.9 Å². The molecule has 0 aliphatic heterocycles. The number of hydrogen-bond donors (Lipinski definition) is 1. The molecular weight excluding hydrogens is 194 g/mol. The smallest absolute Gasteiger partial charge is 0.0314 e. The molecule has 0 radical (unpaired) electrons. The maximum absolute atomic E-state index is 3.33. The fourth-order valence-electron chi connectivity index (χ4n) is 1.94. The summed E-state index contributed by atoms with van der Waals surface area (Å²) >= 11 is 0. The summed E-state index contributed by atoms with van der Waals surface area (Å²) in [5.41, 5.74) is 4.28. The molecule has 0 aromatic heterocycles. The minimum Gasteiger partial charge on any atom is -0.313 e. The normalized spacial score (nSPS) is 11.6. The first kappa shape index (κ1) is 15.2. The van der Waals surface area contributed by atoms with Gasteiger partial charge in [0.2, 0.25) is 0 Å². The van der Waals surface area contributed by atoms with Gasteiger partial charge in [-0.25, -0.2) is 0 Å². The Labute approximate surface area is 101 Å². The van der Waals surface area contributed by atoms with Gasteiger partial charge in [-0.15, -0.1) is 0 Å². The average Bonchev–Trinajstić information content (AvgIpc) is 2.33. The van der Waals surface area contributed by atoms with E-state index in [0.717, 1.165) is 12.8 Å². The van der Waals surface area contributed by atoms with Gasteiger partial charge in [-0.3, -0.25) is 0 Å². The van der Waals surface area contributed by atoms with Crippen LogP contribution in [0.25, 0.3) is 0 Å². The van der Waals surface area contributed by atoms with Crippen LogP contribution in [0.3, 0.4) is 0 Å². The highest BCUT2D eigenvalue weighted by atomic mass is 14.9. The fourth-order valence-corrected chi connectivity index (χ4v) is 1.94. The van der Waals surface area contributed by atoms with Gasteiger partial charge in [0.1, 0.15) is 0 Å². The summed E-state index contributed by atoms with van der Waals surface area (Å²) in [4.78, 5) is 0. The molecule has 0 amide bonds. The van der Waals surface area contributed by atoms with E-state index in [0.29, 0.717) is 6.04 Å². The minimum atomic E-state index is 0.500. The molecule has 0 bridgehead atoms. The molecule has 0 saturated heterocycles. The Kier molecular flexibility index (Phi) is 7.92. The molecule has 0 saturated carbocycles. The Hall–Kier alpha value is -0.820. The van der Waals surface area contributed by atoms with Crippen molar-refractivity contribution in [1.82, 2.24) is 5.32 Å². The summed E-state index contributed by atoms with van der Waals surface area (Å²) in [6, 6.07) is 7.31. The monoisotopic (exact) mass is 221 g/mol. The zero-order valence-electron chi connectivity index (χ0n) is 11.7. The van der Waals surface area contributed by atoms with E-state index in [4.69, 9.17) is 0 Å². The topological polar surface area (TPSA) is 12.0 Å². The number of aryl methyl sites for hydroxylation is 2. The summed E-state index contributed by atoms with van der Waals surface area (Å²) in [6.07, 6.45) is 2.27. The molecule has 0 spiro atoms. The highest BCUT2D eigenvalue weighted by Crippen LogP contribution is 2.19. The number of rotatable bonds is 4. The van der Waals surface area contributed by atoms with Crippen LogP contribution in [0.1, 0.15) is 56.8 Å². The van der Waals surface area contributed by atoms with Crippen LogP contribution in [0.15, 0.2) is 18.2 Å². The van der Waals surface area contributed by atoms with Gasteiger partial charge in [-0.1, -0.05) is 45.9 Å². The van der Waals surface area contributed by atoms with E-state index in [1.54, 1.807) is 0 Å². The molecule has 1 heteroatoms. The van der Waals surface area contributed by atoms with Crippen molar-refractivity contribution in [3.8, 4) is 0 Å². The molecule has 16 heavy (non-hydrogen) atoms. The van der Waals surface area contributed by atoms with Crippen LogP contribution < -0.4 is 5.32 Å². The lowest BCUT2D eigenvalue weighted by Gasteiger charge is -2.16. The van der Waals surface area contributed by atoms with Crippen molar-refractivity contribution >= 4 is 0 Å². The van der Waals surface area contributed by atoms with Crippen molar-refractivity contribution in [2.45, 2.75) is 53.5 Å². The van der Waals surface area contributed by atoms with Gasteiger partial charge in [0.25, 0.3) is 0 Å². The van der Waals surface area contributed by atoms with Gasteiger partial charge in [0.05, 0.1) is 0 Å². The van der Waals surface area contributed by atoms with Gasteiger partial charge in [0.15, 0.2) is 0 Å². The van der Waals surface area contributed by atoms with Crippen LogP contribution in [0, 0.1) is 6.92 Å². The van der Waals surface area contributed by atoms with E-state index in [-0.39, 0.29) is 0 Å². The summed E-state index contributed by atoms with van der Waals surface area (Å²) in [6.45, 7) is 10.6. The molecule has 1 aromatic carbocycles. The van der Waals surface area contributed by atoms with E-state index in [1.165, 1.54) is 16.7 Å². The fraction of sp³-hybridized carbons (Fsp3) is 0.600. The zero-order valence-corrected chi connectivity index (χ0v) is 11.7. The van der Waals surface area contributed by atoms with E-state index in [2.05, 4.69) is 44.3 Å². The zero-order chi connectivity index (χ0) is 12.6. The molecule has 1 N–H and O–H groups in total. The van der Waals surface area contributed by atoms with Crippen LogP contribution in [-0.2, 0) is 6.42 Å². The van der Waals surface area contributed by atoms with Crippen molar-refractivity contribution in [3.63, 3.8) is 0 Å². The number of hydrogen-bond acceptors (Lipinski definition) is 1. The van der Waals surface area contributed by atoms with Gasteiger partial charge in [-0.05, 0) is 43.5 Å². The van der Waals surface area contributed by atoms with Gasteiger partial charge < -0.3 is 5.32 Å². The second-order valence-corrected chi connectivity index (χ2v) is 3.79. The third kappa shape index (κ3) is 3.97. The molecule has 1 unspecified atom stereocenters. The van der Waals surface area contributed by atoms with Crippen LogP contribution >= 0.6 is 0 Å². The van der Waals surface area contributed by atoms with Crippen molar-refractivity contribution in [2.75, 3.05) is 7.05 Å². The SMILES string of the molecule is CC.CCc1ccc(C(CC)NC)cc1C. The maximum atomic E-state index is 3.33. The van der Waals surface area contributed by atoms with Crippen molar-refractivity contribution < 1.29 is 0 Å². The largest absolute Gasteiger partial charge is 0.313 e. The van der Waals surface area contributed by atoms with Crippen LogP contribution in [0.2, 0.25) is 0 Å². The maximum Gasteiger partial charge on any atom is 0.0314 e. The summed E-state index contributed by atoms with van der Waals surface area (Å²) < 4.78 is 0. The Balaban J connectivity index is 0.00000106. The second-order valence-electron chi connectivity index (χ2n) is 3.79. The highest BCUT2D eigenvalue weighted by molar-refractivity contribution is 5.32. The van der Waals surface area contributed by atoms with E-state index < -0.39 is 0 Å². The Morgan fingerprint density at radius 1 is 1.19 bits per heavy atom. The summed E-state index contributed by atoms with van der Waals surface area (Å²) in [5.74, 6) is 0. The third-order valence-corrected chi connectivity index (χ3v) is 2.91. The second kappa shape index (κ2) is 8.35. The molecule has 0 aliphatic carbocycles. The summed E-state index contributed by atoms with van der Waals surface area (Å²) in [5, 5.41) is 3.33. The molecular formula is C15H27N.